The van der Waals surface area contributed by atoms with Crippen LogP contribution in [0.25, 0.3) is 11.4 Å². The molecule has 1 aromatic carbocycles. The Kier molecular flexibility index (Phi) is 6.06. The molecular weight excluding hydrogens is 411 g/mol. The number of carbonyl (C=O) groups excluding carboxylic acids is 1. The molecule has 0 aliphatic carbocycles. The second-order valence-electron chi connectivity index (χ2n) is 5.85. The Morgan fingerprint density at radius 1 is 1.17 bits per heavy atom. The maximum atomic E-state index is 12.5. The average molecular weight is 425 g/mol. The lowest BCUT2D eigenvalue weighted by atomic mass is 10.2. The minimum absolute atomic E-state index is 0.0383. The molecule has 0 aliphatic rings. The first-order valence-corrected chi connectivity index (χ1v) is 9.63. The van der Waals surface area contributed by atoms with Crippen LogP contribution < -0.4 is 4.74 Å². The first kappa shape index (κ1) is 20.6. The molecule has 7 nitrogen and oxygen atoms in total. The molecule has 0 saturated heterocycles. The number of aromatic nitrogens is 3. The van der Waals surface area contributed by atoms with Gasteiger partial charge in [0, 0.05) is 28.3 Å². The van der Waals surface area contributed by atoms with Crippen LogP contribution in [-0.2, 0) is 22.7 Å². The monoisotopic (exact) mass is 425 g/mol. The van der Waals surface area contributed by atoms with E-state index in [1.807, 2.05) is 0 Å². The van der Waals surface area contributed by atoms with Gasteiger partial charge in [-0.3, -0.25) is 14.0 Å². The van der Waals surface area contributed by atoms with Gasteiger partial charge in [-0.05, 0) is 29.8 Å². The number of alkyl halides is 3. The normalized spacial score (nSPS) is 12.6. The van der Waals surface area contributed by atoms with Crippen molar-refractivity contribution >= 4 is 16.6 Å². The Labute approximate surface area is 165 Å². The van der Waals surface area contributed by atoms with Crippen molar-refractivity contribution in [2.75, 3.05) is 12.9 Å². The predicted molar refractivity (Wildman–Crippen MR) is 96.6 cm³/mol. The number of ether oxygens (including phenoxy) is 1. The summed E-state index contributed by atoms with van der Waals surface area (Å²) in [5.74, 6) is -1.60. The smallest absolute Gasteiger partial charge is 0.471 e. The number of carbonyl (C=O) groups is 1. The third kappa shape index (κ3) is 5.25. The summed E-state index contributed by atoms with van der Waals surface area (Å²) in [6.45, 7) is 0. The number of benzene rings is 1. The number of hydrogen-bond acceptors (Lipinski definition) is 7. The van der Waals surface area contributed by atoms with Crippen LogP contribution >= 0.6 is 0 Å². The van der Waals surface area contributed by atoms with Gasteiger partial charge in [-0.25, -0.2) is 0 Å². The largest absolute Gasteiger partial charge is 0.497 e. The van der Waals surface area contributed by atoms with Crippen molar-refractivity contribution in [1.29, 1.82) is 0 Å². The molecule has 0 radical (unpaired) electrons. The van der Waals surface area contributed by atoms with E-state index in [1.165, 1.54) is 19.2 Å². The maximum Gasteiger partial charge on any atom is 0.471 e. The summed E-state index contributed by atoms with van der Waals surface area (Å²) in [5.41, 5.74) is 0.981. The molecule has 0 saturated carbocycles. The van der Waals surface area contributed by atoms with E-state index >= 15 is 0 Å². The van der Waals surface area contributed by atoms with Crippen LogP contribution in [-0.4, -0.2) is 38.0 Å². The van der Waals surface area contributed by atoms with Crippen molar-refractivity contribution < 1.29 is 31.4 Å². The van der Waals surface area contributed by atoms with Gasteiger partial charge in [0.05, 0.1) is 12.9 Å². The molecule has 2 aromatic heterocycles. The fourth-order valence-corrected chi connectivity index (χ4v) is 3.43. The SMILES string of the molecule is COc1ccc(CS(=O)CC(=O)c2ccc(-c3noc(C(F)(F)F)n3)cn2)cc1. The Morgan fingerprint density at radius 2 is 1.90 bits per heavy atom. The summed E-state index contributed by atoms with van der Waals surface area (Å²) < 4.78 is 59.0. The summed E-state index contributed by atoms with van der Waals surface area (Å²) in [7, 11) is 0.0865. The van der Waals surface area contributed by atoms with E-state index in [0.717, 1.165) is 11.8 Å². The summed E-state index contributed by atoms with van der Waals surface area (Å²) in [4.78, 5) is 19.4. The van der Waals surface area contributed by atoms with Gasteiger partial charge >= 0.3 is 12.1 Å². The lowest BCUT2D eigenvalue weighted by Gasteiger charge is -2.04. The average Bonchev–Trinajstić information content (AvgIpc) is 3.19. The fraction of sp³-hybridized carbons (Fsp3) is 0.222. The van der Waals surface area contributed by atoms with Gasteiger partial charge in [-0.2, -0.15) is 18.2 Å². The Balaban J connectivity index is 1.62. The van der Waals surface area contributed by atoms with Crippen LogP contribution in [0.3, 0.4) is 0 Å². The quantitative estimate of drug-likeness (QED) is 0.536. The van der Waals surface area contributed by atoms with Gasteiger partial charge < -0.3 is 9.26 Å². The lowest BCUT2D eigenvalue weighted by Crippen LogP contribution is -2.13. The predicted octanol–water partition coefficient (Wildman–Crippen LogP) is 3.29. The van der Waals surface area contributed by atoms with Crippen LogP contribution in [0.1, 0.15) is 21.9 Å². The number of pyridine rings is 1. The number of ketones is 1. The third-order valence-electron chi connectivity index (χ3n) is 3.75. The van der Waals surface area contributed by atoms with Gasteiger partial charge in [-0.15, -0.1) is 0 Å². The summed E-state index contributed by atoms with van der Waals surface area (Å²) in [6.07, 6.45) is -3.59. The first-order valence-electron chi connectivity index (χ1n) is 8.14. The Hall–Kier alpha value is -3.08. The number of rotatable bonds is 7. The van der Waals surface area contributed by atoms with E-state index in [1.54, 1.807) is 24.3 Å². The molecule has 1 unspecified atom stereocenters. The zero-order chi connectivity index (χ0) is 21.0. The molecule has 0 amide bonds. The molecule has 0 fully saturated rings. The maximum absolute atomic E-state index is 12.5. The van der Waals surface area contributed by atoms with E-state index in [-0.39, 0.29) is 28.6 Å². The molecule has 11 heteroatoms. The van der Waals surface area contributed by atoms with E-state index in [4.69, 9.17) is 4.74 Å². The van der Waals surface area contributed by atoms with Gasteiger partial charge in [0.25, 0.3) is 0 Å². The Morgan fingerprint density at radius 3 is 2.45 bits per heavy atom. The first-order chi connectivity index (χ1) is 13.8. The van der Waals surface area contributed by atoms with Gasteiger partial charge in [0.1, 0.15) is 11.4 Å². The van der Waals surface area contributed by atoms with Gasteiger partial charge in [0.2, 0.25) is 5.82 Å². The second kappa shape index (κ2) is 8.52. The summed E-state index contributed by atoms with van der Waals surface area (Å²) in [6, 6.07) is 9.64. The highest BCUT2D eigenvalue weighted by Gasteiger charge is 2.38. The fourth-order valence-electron chi connectivity index (χ4n) is 2.33. The number of halogens is 3. The van der Waals surface area contributed by atoms with E-state index in [0.29, 0.717) is 5.75 Å². The molecule has 0 aliphatic heterocycles. The molecule has 0 bridgehead atoms. The minimum Gasteiger partial charge on any atom is -0.497 e. The van der Waals surface area contributed by atoms with Crippen molar-refractivity contribution in [2.24, 2.45) is 0 Å². The minimum atomic E-state index is -4.75. The van der Waals surface area contributed by atoms with Crippen LogP contribution in [0.5, 0.6) is 5.75 Å². The highest BCUT2D eigenvalue weighted by atomic mass is 32.2. The van der Waals surface area contributed by atoms with Crippen molar-refractivity contribution in [3.63, 3.8) is 0 Å². The molecule has 152 valence electrons. The zero-order valence-electron chi connectivity index (χ0n) is 15.0. The van der Waals surface area contributed by atoms with Crippen LogP contribution in [0.2, 0.25) is 0 Å². The summed E-state index contributed by atoms with van der Waals surface area (Å²) >= 11 is 0. The van der Waals surface area contributed by atoms with Crippen LogP contribution in [0.15, 0.2) is 47.1 Å². The number of hydrogen-bond donors (Lipinski definition) is 0. The topological polar surface area (TPSA) is 95.2 Å². The van der Waals surface area contributed by atoms with Crippen molar-refractivity contribution in [2.45, 2.75) is 11.9 Å². The number of methoxy groups -OCH3 is 1. The lowest BCUT2D eigenvalue weighted by molar-refractivity contribution is -0.159. The van der Waals surface area contributed by atoms with Crippen LogP contribution in [0.4, 0.5) is 13.2 Å². The zero-order valence-corrected chi connectivity index (χ0v) is 15.8. The van der Waals surface area contributed by atoms with Crippen molar-refractivity contribution in [1.82, 2.24) is 15.1 Å². The van der Waals surface area contributed by atoms with Crippen molar-refractivity contribution in [3.8, 4) is 17.1 Å². The molecule has 0 spiro atoms. The highest BCUT2D eigenvalue weighted by molar-refractivity contribution is 7.85. The van der Waals surface area contributed by atoms with Crippen molar-refractivity contribution in [3.05, 3.63) is 59.7 Å². The summed E-state index contributed by atoms with van der Waals surface area (Å²) in [5, 5.41) is 3.25. The molecule has 3 rings (SSSR count). The Bertz CT molecular complexity index is 1020. The van der Waals surface area contributed by atoms with Gasteiger partial charge in [0.15, 0.2) is 5.78 Å². The molecular formula is C18H14F3N3O4S. The molecule has 1 atom stereocenters. The molecule has 2 heterocycles. The van der Waals surface area contributed by atoms with Gasteiger partial charge in [-0.1, -0.05) is 17.3 Å². The number of Topliss-reactive ketones (excluding diaryl/α,β-unsaturated/α-hetero) is 1. The van der Waals surface area contributed by atoms with E-state index in [9.17, 15) is 22.2 Å². The molecule has 29 heavy (non-hydrogen) atoms. The molecule has 0 N–H and O–H groups in total. The van der Waals surface area contributed by atoms with E-state index < -0.39 is 28.6 Å². The standard InChI is InChI=1S/C18H14F3N3O4S/c1-27-13-5-2-11(3-6-13)9-29(26)10-15(25)14-7-4-12(8-22-14)16-23-17(28-24-16)18(19,20)21/h2-8H,9-10H2,1H3. The van der Waals surface area contributed by atoms with Crippen LogP contribution in [0, 0.1) is 0 Å². The molecule has 3 aromatic rings. The van der Waals surface area contributed by atoms with E-state index in [2.05, 4.69) is 19.6 Å². The second-order valence-corrected chi connectivity index (χ2v) is 7.31. The third-order valence-corrected chi connectivity index (χ3v) is 4.99. The highest BCUT2D eigenvalue weighted by Crippen LogP contribution is 2.29. The number of nitrogens with zero attached hydrogens (tertiary/aromatic N) is 3.